The average Bonchev–Trinajstić information content (AvgIpc) is 3.35. The van der Waals surface area contributed by atoms with Crippen molar-refractivity contribution >= 4 is 23.3 Å². The molecule has 2 aromatic rings. The first kappa shape index (κ1) is 26.7. The highest BCUT2D eigenvalue weighted by molar-refractivity contribution is 7.07. The maximum absolute atomic E-state index is 12.7. The van der Waals surface area contributed by atoms with Gasteiger partial charge in [0.05, 0.1) is 18.7 Å². The molecule has 3 rings (SSSR count). The van der Waals surface area contributed by atoms with Crippen LogP contribution >= 0.6 is 11.3 Å². The van der Waals surface area contributed by atoms with E-state index in [0.717, 1.165) is 49.0 Å². The third-order valence-corrected chi connectivity index (χ3v) is 7.42. The quantitative estimate of drug-likeness (QED) is 0.511. The van der Waals surface area contributed by atoms with Crippen LogP contribution in [0.4, 0.5) is 4.79 Å². The summed E-state index contributed by atoms with van der Waals surface area (Å²) >= 11 is 1.63. The van der Waals surface area contributed by atoms with Crippen LogP contribution in [0.5, 0.6) is 0 Å². The number of hydrogen-bond acceptors (Lipinski definition) is 6. The summed E-state index contributed by atoms with van der Waals surface area (Å²) in [6.07, 6.45) is 2.62. The Balaban J connectivity index is 1.49. The van der Waals surface area contributed by atoms with Gasteiger partial charge in [0, 0.05) is 43.8 Å². The molecule has 0 spiro atoms. The topological polar surface area (TPSA) is 97.7 Å². The number of rotatable bonds is 9. The first-order valence-corrected chi connectivity index (χ1v) is 12.9. The van der Waals surface area contributed by atoms with E-state index in [1.807, 2.05) is 30.2 Å². The first-order chi connectivity index (χ1) is 16.8. The number of benzene rings is 1. The Morgan fingerprint density at radius 3 is 2.54 bits per heavy atom. The largest absolute Gasteiger partial charge is 0.352 e. The fraction of sp³-hybridized carbons (Fsp3) is 0.500. The van der Waals surface area contributed by atoms with Crippen LogP contribution in [0.15, 0.2) is 29.0 Å². The zero-order valence-electron chi connectivity index (χ0n) is 21.0. The lowest BCUT2D eigenvalue weighted by atomic mass is 9.99. The van der Waals surface area contributed by atoms with Crippen molar-refractivity contribution < 1.29 is 14.4 Å². The summed E-state index contributed by atoms with van der Waals surface area (Å²) in [7, 11) is 1.45. The minimum Gasteiger partial charge on any atom is -0.352 e. The molecule has 35 heavy (non-hydrogen) atoms. The van der Waals surface area contributed by atoms with Crippen LogP contribution in [-0.4, -0.2) is 60.6 Å². The molecule has 2 N–H and O–H groups in total. The zero-order chi connectivity index (χ0) is 25.4. The number of urea groups is 1. The molecule has 1 unspecified atom stereocenters. The predicted molar refractivity (Wildman–Crippen MR) is 137 cm³/mol. The summed E-state index contributed by atoms with van der Waals surface area (Å²) < 4.78 is 0. The highest BCUT2D eigenvalue weighted by Crippen LogP contribution is 2.22. The van der Waals surface area contributed by atoms with Crippen LogP contribution in [-0.2, 0) is 11.4 Å². The van der Waals surface area contributed by atoms with E-state index in [4.69, 9.17) is 10.1 Å². The Hall–Kier alpha value is -2.93. The zero-order valence-corrected chi connectivity index (χ0v) is 21.8. The van der Waals surface area contributed by atoms with Crippen molar-refractivity contribution in [2.75, 3.05) is 26.7 Å². The molecule has 1 aromatic heterocycles. The monoisotopic (exact) mass is 497 g/mol. The Kier molecular flexibility index (Phi) is 9.66. The van der Waals surface area contributed by atoms with E-state index in [0.29, 0.717) is 30.3 Å². The second-order valence-electron chi connectivity index (χ2n) is 9.13. The Morgan fingerprint density at radius 1 is 1.29 bits per heavy atom. The van der Waals surface area contributed by atoms with E-state index in [9.17, 15) is 9.59 Å². The van der Waals surface area contributed by atoms with Crippen LogP contribution in [0.3, 0.4) is 0 Å². The minimum atomic E-state index is -0.207. The standard InChI is InChI=1S/C26H35N5O3S/c1-18-13-22(15-27)14-19(2)24(18)25(32)28-9-5-20(3)30-10-6-23(7-11-30)31(26(33)29-34-4)16-21-8-12-35-17-21/h8,12-14,17,20,23H,5-7,9-11,16H2,1-4H3,(H,28,32)(H,29,33). The molecular formula is C26H35N5O3S. The number of hydrogen-bond donors (Lipinski definition) is 2. The van der Waals surface area contributed by atoms with E-state index in [-0.39, 0.29) is 18.0 Å². The number of hydroxylamine groups is 1. The van der Waals surface area contributed by atoms with E-state index in [1.165, 1.54) is 7.11 Å². The van der Waals surface area contributed by atoms with Gasteiger partial charge in [-0.3, -0.25) is 9.63 Å². The lowest BCUT2D eigenvalue weighted by Crippen LogP contribution is -2.51. The molecule has 0 radical (unpaired) electrons. The fourth-order valence-corrected chi connectivity index (χ4v) is 5.44. The number of thiophene rings is 1. The Morgan fingerprint density at radius 2 is 1.97 bits per heavy atom. The first-order valence-electron chi connectivity index (χ1n) is 12.0. The van der Waals surface area contributed by atoms with Crippen LogP contribution < -0.4 is 10.8 Å². The number of amides is 3. The van der Waals surface area contributed by atoms with Gasteiger partial charge in [0.15, 0.2) is 0 Å². The van der Waals surface area contributed by atoms with Gasteiger partial charge in [-0.15, -0.1) is 0 Å². The van der Waals surface area contributed by atoms with Gasteiger partial charge < -0.3 is 15.1 Å². The van der Waals surface area contributed by atoms with E-state index in [2.05, 4.69) is 34.1 Å². The highest BCUT2D eigenvalue weighted by atomic mass is 32.1. The van der Waals surface area contributed by atoms with Crippen molar-refractivity contribution in [3.05, 3.63) is 56.8 Å². The van der Waals surface area contributed by atoms with Crippen molar-refractivity contribution in [3.8, 4) is 6.07 Å². The maximum Gasteiger partial charge on any atom is 0.341 e. The molecule has 3 amide bonds. The van der Waals surface area contributed by atoms with Crippen molar-refractivity contribution in [2.24, 2.45) is 0 Å². The second kappa shape index (κ2) is 12.7. The SMILES string of the molecule is CONC(=O)N(Cc1ccsc1)C1CCN(C(C)CCNC(=O)c2c(C)cc(C#N)cc2C)CC1. The summed E-state index contributed by atoms with van der Waals surface area (Å²) in [5, 5.41) is 16.3. The Labute approximate surface area is 211 Å². The molecule has 0 aliphatic carbocycles. The molecule has 0 saturated carbocycles. The summed E-state index contributed by atoms with van der Waals surface area (Å²) in [4.78, 5) is 34.5. The van der Waals surface area contributed by atoms with Crippen molar-refractivity contribution in [2.45, 2.75) is 58.7 Å². The van der Waals surface area contributed by atoms with E-state index < -0.39 is 0 Å². The summed E-state index contributed by atoms with van der Waals surface area (Å²) in [6.45, 7) is 8.86. The molecule has 1 saturated heterocycles. The molecule has 1 aliphatic rings. The van der Waals surface area contributed by atoms with E-state index in [1.54, 1.807) is 23.5 Å². The molecule has 1 atom stereocenters. The molecular weight excluding hydrogens is 462 g/mol. The summed E-state index contributed by atoms with van der Waals surface area (Å²) in [5.41, 5.74) is 6.46. The number of aryl methyl sites for hydroxylation is 2. The molecule has 188 valence electrons. The molecule has 1 aromatic carbocycles. The molecule has 2 heterocycles. The predicted octanol–water partition coefficient (Wildman–Crippen LogP) is 3.98. The molecule has 0 bridgehead atoms. The third-order valence-electron chi connectivity index (χ3n) is 6.68. The number of piperidine rings is 1. The fourth-order valence-electron chi connectivity index (χ4n) is 4.78. The van der Waals surface area contributed by atoms with Gasteiger partial charge in [0.1, 0.15) is 0 Å². The van der Waals surface area contributed by atoms with E-state index >= 15 is 0 Å². The normalized spacial score (nSPS) is 15.3. The lowest BCUT2D eigenvalue weighted by Gasteiger charge is -2.40. The maximum atomic E-state index is 12.7. The van der Waals surface area contributed by atoms with Crippen LogP contribution in [0.1, 0.15) is 58.8 Å². The molecule has 8 nitrogen and oxygen atoms in total. The highest BCUT2D eigenvalue weighted by Gasteiger charge is 2.30. The molecule has 1 aliphatic heterocycles. The molecule has 1 fully saturated rings. The van der Waals surface area contributed by atoms with Gasteiger partial charge in [0.2, 0.25) is 0 Å². The number of carbonyl (C=O) groups excluding carboxylic acids is 2. The van der Waals surface area contributed by atoms with Gasteiger partial charge in [0.25, 0.3) is 5.91 Å². The number of nitrogens with one attached hydrogen (secondary N) is 2. The van der Waals surface area contributed by atoms with Gasteiger partial charge in [-0.05, 0) is 85.7 Å². The van der Waals surface area contributed by atoms with Crippen LogP contribution in [0, 0.1) is 25.2 Å². The number of nitriles is 1. The van der Waals surface area contributed by atoms with Crippen LogP contribution in [0.2, 0.25) is 0 Å². The third kappa shape index (κ3) is 7.04. The van der Waals surface area contributed by atoms with Gasteiger partial charge >= 0.3 is 6.03 Å². The van der Waals surface area contributed by atoms with Gasteiger partial charge in [-0.25, -0.2) is 10.3 Å². The van der Waals surface area contributed by atoms with Crippen molar-refractivity contribution in [3.63, 3.8) is 0 Å². The Bertz CT molecular complexity index is 1020. The van der Waals surface area contributed by atoms with Gasteiger partial charge in [-0.2, -0.15) is 16.6 Å². The lowest BCUT2D eigenvalue weighted by molar-refractivity contribution is 0.0565. The smallest absolute Gasteiger partial charge is 0.341 e. The van der Waals surface area contributed by atoms with Crippen molar-refractivity contribution in [1.82, 2.24) is 20.6 Å². The van der Waals surface area contributed by atoms with Crippen molar-refractivity contribution in [1.29, 1.82) is 5.26 Å². The summed E-state index contributed by atoms with van der Waals surface area (Å²) in [5.74, 6) is -0.0939. The number of carbonyl (C=O) groups is 2. The number of nitrogens with zero attached hydrogens (tertiary/aromatic N) is 3. The summed E-state index contributed by atoms with van der Waals surface area (Å²) in [6, 6.07) is 7.95. The minimum absolute atomic E-state index is 0.0939. The van der Waals surface area contributed by atoms with Gasteiger partial charge in [-0.1, -0.05) is 0 Å². The molecule has 9 heteroatoms. The second-order valence-corrected chi connectivity index (χ2v) is 9.91. The van der Waals surface area contributed by atoms with Crippen LogP contribution in [0.25, 0.3) is 0 Å². The number of likely N-dealkylation sites (tertiary alicyclic amines) is 1. The average molecular weight is 498 g/mol.